The van der Waals surface area contributed by atoms with Crippen LogP contribution in [0.2, 0.25) is 0 Å². The second kappa shape index (κ2) is 9.68. The summed E-state index contributed by atoms with van der Waals surface area (Å²) in [6.45, 7) is 8.06. The van der Waals surface area contributed by atoms with Gasteiger partial charge in [0.1, 0.15) is 0 Å². The maximum Gasteiger partial charge on any atom is 0.534 e. The van der Waals surface area contributed by atoms with Gasteiger partial charge in [0.15, 0.2) is 5.75 Å². The highest BCUT2D eigenvalue weighted by atomic mass is 32.2. The van der Waals surface area contributed by atoms with E-state index in [1.54, 1.807) is 19.1 Å². The summed E-state index contributed by atoms with van der Waals surface area (Å²) < 4.78 is 71.1. The number of esters is 1. The minimum atomic E-state index is -5.84. The van der Waals surface area contributed by atoms with E-state index in [2.05, 4.69) is 25.0 Å². The highest BCUT2D eigenvalue weighted by molar-refractivity contribution is 7.99. The maximum absolute atomic E-state index is 12.9. The van der Waals surface area contributed by atoms with Crippen LogP contribution in [-0.2, 0) is 26.1 Å². The molecule has 0 N–H and O–H groups in total. The van der Waals surface area contributed by atoms with E-state index in [0.717, 1.165) is 23.7 Å². The van der Waals surface area contributed by atoms with Crippen molar-refractivity contribution in [1.29, 1.82) is 0 Å². The molecule has 0 amide bonds. The van der Waals surface area contributed by atoms with Crippen molar-refractivity contribution in [3.63, 3.8) is 0 Å². The molecule has 0 aromatic heterocycles. The number of carbonyl (C=O) groups excluding carboxylic acids is 1. The first-order chi connectivity index (χ1) is 14.2. The number of alkyl halides is 3. The number of rotatable bonds is 8. The molecule has 0 radical (unpaired) electrons. The Balaban J connectivity index is 2.43. The lowest BCUT2D eigenvalue weighted by Crippen LogP contribution is -2.28. The van der Waals surface area contributed by atoms with Crippen molar-refractivity contribution in [3.8, 4) is 5.75 Å². The van der Waals surface area contributed by atoms with Gasteiger partial charge in [-0.1, -0.05) is 39.0 Å². The Labute approximate surface area is 184 Å². The molecular formula is C21H25F3O5S2. The smallest absolute Gasteiger partial charge is 0.466 e. The third-order valence-corrected chi connectivity index (χ3v) is 6.06. The number of hydrogen-bond acceptors (Lipinski definition) is 6. The van der Waals surface area contributed by atoms with Gasteiger partial charge in [0.2, 0.25) is 0 Å². The van der Waals surface area contributed by atoms with Gasteiger partial charge in [0.05, 0.1) is 17.9 Å². The Morgan fingerprint density at radius 2 is 1.74 bits per heavy atom. The molecule has 0 bridgehead atoms. The molecule has 10 heteroatoms. The van der Waals surface area contributed by atoms with Crippen LogP contribution >= 0.6 is 11.8 Å². The van der Waals surface area contributed by atoms with E-state index in [1.807, 2.05) is 12.1 Å². The second-order valence-electron chi connectivity index (χ2n) is 8.10. The van der Waals surface area contributed by atoms with Gasteiger partial charge in [-0.25, -0.2) is 0 Å². The van der Waals surface area contributed by atoms with E-state index >= 15 is 0 Å². The van der Waals surface area contributed by atoms with Gasteiger partial charge in [-0.2, -0.15) is 21.6 Å². The molecule has 0 saturated heterocycles. The average molecular weight is 479 g/mol. The first-order valence-electron chi connectivity index (χ1n) is 9.58. The molecule has 172 valence electrons. The standard InChI is InChI=1S/C21H25F3O5S2/c1-5-28-19(25)8-9-30-18-12-15-7-6-14(13-20(2,3)4)10-16(15)11-17(18)29-31(26,27)21(22,23)24/h6-7,10-12H,5,8-9,13H2,1-4H3. The van der Waals surface area contributed by atoms with Crippen LogP contribution in [0.25, 0.3) is 10.8 Å². The third kappa shape index (κ3) is 7.31. The van der Waals surface area contributed by atoms with Crippen molar-refractivity contribution in [3.05, 3.63) is 35.9 Å². The molecule has 0 saturated carbocycles. The zero-order chi connectivity index (χ0) is 23.4. The lowest BCUT2D eigenvalue weighted by Gasteiger charge is -2.19. The Hall–Kier alpha value is -1.94. The average Bonchev–Trinajstić information content (AvgIpc) is 2.59. The van der Waals surface area contributed by atoms with Gasteiger partial charge in [0.25, 0.3) is 0 Å². The summed E-state index contributed by atoms with van der Waals surface area (Å²) >= 11 is 1.02. The van der Waals surface area contributed by atoms with Gasteiger partial charge >= 0.3 is 21.6 Å². The summed E-state index contributed by atoms with van der Waals surface area (Å²) in [4.78, 5) is 11.7. The number of hydrogen-bond donors (Lipinski definition) is 0. The fourth-order valence-corrected chi connectivity index (χ4v) is 4.31. The van der Waals surface area contributed by atoms with Crippen molar-refractivity contribution in [2.75, 3.05) is 12.4 Å². The van der Waals surface area contributed by atoms with Crippen molar-refractivity contribution < 1.29 is 35.3 Å². The van der Waals surface area contributed by atoms with Crippen molar-refractivity contribution >= 4 is 38.6 Å². The van der Waals surface area contributed by atoms with Gasteiger partial charge in [-0.3, -0.25) is 4.79 Å². The molecule has 2 rings (SSSR count). The molecule has 0 aliphatic carbocycles. The minimum absolute atomic E-state index is 0.00444. The highest BCUT2D eigenvalue weighted by Gasteiger charge is 2.48. The molecule has 2 aromatic carbocycles. The number of ether oxygens (including phenoxy) is 1. The number of benzene rings is 2. The quantitative estimate of drug-likeness (QED) is 0.210. The largest absolute Gasteiger partial charge is 0.534 e. The maximum atomic E-state index is 12.9. The first kappa shape index (κ1) is 25.3. The van der Waals surface area contributed by atoms with Crippen LogP contribution in [0.5, 0.6) is 5.75 Å². The molecule has 0 aliphatic heterocycles. The van der Waals surface area contributed by atoms with Crippen LogP contribution in [0.3, 0.4) is 0 Å². The van der Waals surface area contributed by atoms with E-state index in [9.17, 15) is 26.4 Å². The summed E-state index contributed by atoms with van der Waals surface area (Å²) in [5.74, 6) is -0.686. The number of thioether (sulfide) groups is 1. The van der Waals surface area contributed by atoms with Gasteiger partial charge in [-0.15, -0.1) is 11.8 Å². The molecule has 0 aliphatic rings. The molecule has 0 atom stereocenters. The Bertz CT molecular complexity index is 1040. The van der Waals surface area contributed by atoms with Crippen LogP contribution in [0, 0.1) is 5.41 Å². The SMILES string of the molecule is CCOC(=O)CCSc1cc2ccc(CC(C)(C)C)cc2cc1OS(=O)(=O)C(F)(F)F. The molecule has 2 aromatic rings. The topological polar surface area (TPSA) is 69.7 Å². The van der Waals surface area contributed by atoms with E-state index < -0.39 is 27.3 Å². The molecule has 5 nitrogen and oxygen atoms in total. The zero-order valence-corrected chi connectivity index (χ0v) is 19.3. The monoisotopic (exact) mass is 478 g/mol. The number of carbonyl (C=O) groups is 1. The van der Waals surface area contributed by atoms with Gasteiger partial charge < -0.3 is 8.92 Å². The summed E-state index contributed by atoms with van der Waals surface area (Å²) in [6.07, 6.45) is 0.753. The van der Waals surface area contributed by atoms with E-state index in [-0.39, 0.29) is 29.1 Å². The summed E-state index contributed by atoms with van der Waals surface area (Å²) in [5, 5.41) is 1.27. The third-order valence-electron chi connectivity index (χ3n) is 4.05. The van der Waals surface area contributed by atoms with Crippen LogP contribution in [-0.4, -0.2) is 32.3 Å². The summed E-state index contributed by atoms with van der Waals surface area (Å²) in [6, 6.07) is 8.41. The van der Waals surface area contributed by atoms with Crippen molar-refractivity contribution in [1.82, 2.24) is 0 Å². The first-order valence-corrected chi connectivity index (χ1v) is 12.0. The predicted octanol–water partition coefficient (Wildman–Crippen LogP) is 5.70. The molecule has 0 unspecified atom stereocenters. The van der Waals surface area contributed by atoms with Crippen LogP contribution < -0.4 is 4.18 Å². The van der Waals surface area contributed by atoms with Crippen LogP contribution in [0.1, 0.15) is 39.7 Å². The van der Waals surface area contributed by atoms with E-state index in [1.165, 1.54) is 6.07 Å². The highest BCUT2D eigenvalue weighted by Crippen LogP contribution is 2.38. The second-order valence-corrected chi connectivity index (χ2v) is 10.8. The molecule has 0 spiro atoms. The Morgan fingerprint density at radius 3 is 2.32 bits per heavy atom. The van der Waals surface area contributed by atoms with E-state index in [0.29, 0.717) is 10.8 Å². The predicted molar refractivity (Wildman–Crippen MR) is 115 cm³/mol. The molecule has 0 heterocycles. The van der Waals surface area contributed by atoms with Crippen LogP contribution in [0.15, 0.2) is 35.2 Å². The number of halogens is 3. The normalized spacial score (nSPS) is 12.7. The number of fused-ring (bicyclic) bond motifs is 1. The van der Waals surface area contributed by atoms with Gasteiger partial charge in [-0.05, 0) is 47.2 Å². The van der Waals surface area contributed by atoms with Crippen molar-refractivity contribution in [2.24, 2.45) is 5.41 Å². The minimum Gasteiger partial charge on any atom is -0.466 e. The lowest BCUT2D eigenvalue weighted by molar-refractivity contribution is -0.142. The Kier molecular flexibility index (Phi) is 7.91. The fraction of sp³-hybridized carbons (Fsp3) is 0.476. The van der Waals surface area contributed by atoms with E-state index in [4.69, 9.17) is 4.74 Å². The Morgan fingerprint density at radius 1 is 1.06 bits per heavy atom. The lowest BCUT2D eigenvalue weighted by atomic mass is 9.87. The molecule has 31 heavy (non-hydrogen) atoms. The molecular weight excluding hydrogens is 453 g/mol. The zero-order valence-electron chi connectivity index (χ0n) is 17.7. The molecule has 0 fully saturated rings. The van der Waals surface area contributed by atoms with Crippen LogP contribution in [0.4, 0.5) is 13.2 Å². The van der Waals surface area contributed by atoms with Gasteiger partial charge in [0, 0.05) is 5.75 Å². The van der Waals surface area contributed by atoms with Crippen molar-refractivity contribution in [2.45, 2.75) is 50.9 Å². The fourth-order valence-electron chi connectivity index (χ4n) is 2.85. The summed E-state index contributed by atoms with van der Waals surface area (Å²) in [7, 11) is -5.84. The summed E-state index contributed by atoms with van der Waals surface area (Å²) in [5.41, 5.74) is -4.59.